The van der Waals surface area contributed by atoms with Gasteiger partial charge in [-0.25, -0.2) is 4.79 Å². The SMILES string of the molecule is O=C(O)N[C@H]1CN[C@H](CO)[C@@H](O)[C@@H]1O. The summed E-state index contributed by atoms with van der Waals surface area (Å²) in [6.45, 7) is -0.131. The summed E-state index contributed by atoms with van der Waals surface area (Å²) in [4.78, 5) is 10.3. The molecule has 1 fully saturated rings. The molecule has 1 aliphatic heterocycles. The molecule has 0 aromatic rings. The Bertz CT molecular complexity index is 212. The van der Waals surface area contributed by atoms with Crippen molar-refractivity contribution in [2.75, 3.05) is 13.2 Å². The number of aliphatic hydroxyl groups excluding tert-OH is 3. The Morgan fingerprint density at radius 2 is 2.07 bits per heavy atom. The maximum Gasteiger partial charge on any atom is 0.405 e. The second-order valence-corrected chi connectivity index (χ2v) is 3.23. The van der Waals surface area contributed by atoms with E-state index in [2.05, 4.69) is 10.6 Å². The van der Waals surface area contributed by atoms with Crippen molar-refractivity contribution in [1.82, 2.24) is 10.6 Å². The lowest BCUT2D eigenvalue weighted by atomic mass is 9.95. The van der Waals surface area contributed by atoms with E-state index in [1.807, 2.05) is 0 Å². The smallest absolute Gasteiger partial charge is 0.405 e. The molecular formula is C7H14N2O5. The first-order chi connectivity index (χ1) is 6.56. The Balaban J connectivity index is 2.54. The molecule has 1 aliphatic rings. The normalized spacial score (nSPS) is 37.9. The van der Waals surface area contributed by atoms with E-state index in [0.717, 1.165) is 0 Å². The second-order valence-electron chi connectivity index (χ2n) is 3.23. The maximum absolute atomic E-state index is 10.3. The quantitative estimate of drug-likeness (QED) is 0.292. The average Bonchev–Trinajstić information content (AvgIpc) is 2.13. The van der Waals surface area contributed by atoms with Gasteiger partial charge in [-0.2, -0.15) is 0 Å². The van der Waals surface area contributed by atoms with Crippen LogP contribution in [0.15, 0.2) is 0 Å². The molecule has 0 unspecified atom stereocenters. The second kappa shape index (κ2) is 4.56. The van der Waals surface area contributed by atoms with Crippen molar-refractivity contribution in [3.8, 4) is 0 Å². The Hall–Kier alpha value is -0.890. The van der Waals surface area contributed by atoms with Crippen molar-refractivity contribution in [1.29, 1.82) is 0 Å². The summed E-state index contributed by atoms with van der Waals surface area (Å²) in [5.74, 6) is 0. The minimum atomic E-state index is -1.26. The molecule has 0 radical (unpaired) electrons. The first kappa shape index (κ1) is 11.2. The molecule has 0 aromatic heterocycles. The Labute approximate surface area is 80.4 Å². The molecular weight excluding hydrogens is 192 g/mol. The fraction of sp³-hybridized carbons (Fsp3) is 0.857. The Kier molecular flexibility index (Phi) is 3.64. The van der Waals surface area contributed by atoms with Crippen LogP contribution < -0.4 is 10.6 Å². The van der Waals surface area contributed by atoms with E-state index in [1.54, 1.807) is 0 Å². The highest BCUT2D eigenvalue weighted by molar-refractivity contribution is 5.65. The first-order valence-corrected chi connectivity index (χ1v) is 4.26. The largest absolute Gasteiger partial charge is 0.465 e. The average molecular weight is 206 g/mol. The third-order valence-corrected chi connectivity index (χ3v) is 2.28. The number of hydrogen-bond acceptors (Lipinski definition) is 5. The molecule has 1 saturated heterocycles. The minimum Gasteiger partial charge on any atom is -0.465 e. The topological polar surface area (TPSA) is 122 Å². The molecule has 14 heavy (non-hydrogen) atoms. The molecule has 1 heterocycles. The lowest BCUT2D eigenvalue weighted by Gasteiger charge is -2.37. The van der Waals surface area contributed by atoms with Crippen molar-refractivity contribution in [3.63, 3.8) is 0 Å². The highest BCUT2D eigenvalue weighted by Gasteiger charge is 2.37. The van der Waals surface area contributed by atoms with Crippen LogP contribution in [0.3, 0.4) is 0 Å². The monoisotopic (exact) mass is 206 g/mol. The molecule has 0 bridgehead atoms. The van der Waals surface area contributed by atoms with Gasteiger partial charge in [0.1, 0.15) is 6.10 Å². The van der Waals surface area contributed by atoms with E-state index in [-0.39, 0.29) is 13.2 Å². The number of carbonyl (C=O) groups is 1. The molecule has 0 spiro atoms. The van der Waals surface area contributed by atoms with Gasteiger partial charge in [0.15, 0.2) is 0 Å². The van der Waals surface area contributed by atoms with Crippen LogP contribution in [0.1, 0.15) is 0 Å². The third-order valence-electron chi connectivity index (χ3n) is 2.28. The van der Waals surface area contributed by atoms with E-state index < -0.39 is 30.4 Å². The zero-order valence-corrected chi connectivity index (χ0v) is 7.42. The van der Waals surface area contributed by atoms with Crippen LogP contribution in [0.2, 0.25) is 0 Å². The molecule has 0 aliphatic carbocycles. The fourth-order valence-electron chi connectivity index (χ4n) is 1.46. The molecule has 7 heteroatoms. The van der Waals surface area contributed by atoms with Crippen LogP contribution in [0.4, 0.5) is 4.79 Å². The van der Waals surface area contributed by atoms with E-state index in [4.69, 9.17) is 10.2 Å². The van der Waals surface area contributed by atoms with Gasteiger partial charge in [0, 0.05) is 6.54 Å². The third kappa shape index (κ3) is 2.32. The maximum atomic E-state index is 10.3. The number of amides is 1. The zero-order chi connectivity index (χ0) is 10.7. The van der Waals surface area contributed by atoms with Gasteiger partial charge in [-0.05, 0) is 0 Å². The van der Waals surface area contributed by atoms with Gasteiger partial charge < -0.3 is 31.1 Å². The van der Waals surface area contributed by atoms with Crippen LogP contribution in [0.25, 0.3) is 0 Å². The standard InChI is InChI=1S/C7H14N2O5/c10-2-4-6(12)5(11)3(1-8-4)9-7(13)14/h3-6,8-12H,1-2H2,(H,13,14)/t3-,4+,5+,6+/m0/s1. The van der Waals surface area contributed by atoms with E-state index in [0.29, 0.717) is 0 Å². The lowest BCUT2D eigenvalue weighted by molar-refractivity contribution is -0.0538. The van der Waals surface area contributed by atoms with Crippen LogP contribution in [0.5, 0.6) is 0 Å². The summed E-state index contributed by atoms with van der Waals surface area (Å²) in [6, 6.07) is -1.37. The van der Waals surface area contributed by atoms with Gasteiger partial charge in [-0.1, -0.05) is 0 Å². The number of carboxylic acid groups (broad SMARTS) is 1. The molecule has 4 atom stereocenters. The number of piperidine rings is 1. The Morgan fingerprint density at radius 3 is 2.57 bits per heavy atom. The summed E-state index contributed by atoms with van der Waals surface area (Å²) in [5, 5.41) is 40.9. The number of aliphatic hydroxyl groups is 3. The number of hydrogen-bond donors (Lipinski definition) is 6. The van der Waals surface area contributed by atoms with Gasteiger partial charge in [0.05, 0.1) is 24.8 Å². The highest BCUT2D eigenvalue weighted by Crippen LogP contribution is 2.10. The van der Waals surface area contributed by atoms with E-state index >= 15 is 0 Å². The number of nitrogens with one attached hydrogen (secondary N) is 2. The molecule has 1 amide bonds. The summed E-state index contributed by atoms with van der Waals surface area (Å²) in [7, 11) is 0. The predicted octanol–water partition coefficient (Wildman–Crippen LogP) is -2.69. The minimum absolute atomic E-state index is 0.176. The molecule has 7 nitrogen and oxygen atoms in total. The van der Waals surface area contributed by atoms with Crippen LogP contribution >= 0.6 is 0 Å². The van der Waals surface area contributed by atoms with Crippen LogP contribution in [0, 0.1) is 0 Å². The molecule has 1 rings (SSSR count). The predicted molar refractivity (Wildman–Crippen MR) is 45.8 cm³/mol. The molecule has 6 N–H and O–H groups in total. The van der Waals surface area contributed by atoms with Gasteiger partial charge >= 0.3 is 6.09 Å². The van der Waals surface area contributed by atoms with Crippen molar-refractivity contribution in [2.24, 2.45) is 0 Å². The van der Waals surface area contributed by atoms with Crippen molar-refractivity contribution in [2.45, 2.75) is 24.3 Å². The lowest BCUT2D eigenvalue weighted by Crippen LogP contribution is -2.65. The summed E-state index contributed by atoms with van der Waals surface area (Å²) >= 11 is 0. The molecule has 82 valence electrons. The van der Waals surface area contributed by atoms with Crippen molar-refractivity contribution in [3.05, 3.63) is 0 Å². The summed E-state index contributed by atoms with van der Waals surface area (Å²) < 4.78 is 0. The highest BCUT2D eigenvalue weighted by atomic mass is 16.4. The summed E-state index contributed by atoms with van der Waals surface area (Å²) in [6.07, 6.45) is -3.64. The summed E-state index contributed by atoms with van der Waals surface area (Å²) in [5.41, 5.74) is 0. The molecule has 0 aromatic carbocycles. The number of rotatable bonds is 2. The van der Waals surface area contributed by atoms with Gasteiger partial charge in [0.2, 0.25) is 0 Å². The van der Waals surface area contributed by atoms with E-state index in [9.17, 15) is 15.0 Å². The van der Waals surface area contributed by atoms with Crippen LogP contribution in [-0.4, -0.2) is 64.0 Å². The van der Waals surface area contributed by atoms with Crippen LogP contribution in [-0.2, 0) is 0 Å². The fourth-order valence-corrected chi connectivity index (χ4v) is 1.46. The van der Waals surface area contributed by atoms with Crippen molar-refractivity contribution < 1.29 is 25.2 Å². The Morgan fingerprint density at radius 1 is 1.43 bits per heavy atom. The van der Waals surface area contributed by atoms with Gasteiger partial charge in [-0.3, -0.25) is 0 Å². The van der Waals surface area contributed by atoms with E-state index in [1.165, 1.54) is 0 Å². The van der Waals surface area contributed by atoms with Crippen molar-refractivity contribution >= 4 is 6.09 Å². The van der Waals surface area contributed by atoms with Gasteiger partial charge in [0.25, 0.3) is 0 Å². The zero-order valence-electron chi connectivity index (χ0n) is 7.42. The first-order valence-electron chi connectivity index (χ1n) is 4.26. The van der Waals surface area contributed by atoms with Gasteiger partial charge in [-0.15, -0.1) is 0 Å². The molecule has 0 saturated carbocycles.